The van der Waals surface area contributed by atoms with Crippen molar-refractivity contribution in [3.63, 3.8) is 0 Å². The van der Waals surface area contributed by atoms with Crippen LogP contribution in [-0.4, -0.2) is 27.1 Å². The first kappa shape index (κ1) is 14.5. The van der Waals surface area contributed by atoms with Crippen LogP contribution in [0.1, 0.15) is 35.8 Å². The molecule has 5 heteroatoms. The summed E-state index contributed by atoms with van der Waals surface area (Å²) in [6, 6.07) is 10.7. The third-order valence-corrected chi connectivity index (χ3v) is 3.72. The highest BCUT2D eigenvalue weighted by Crippen LogP contribution is 2.38. The van der Waals surface area contributed by atoms with Crippen molar-refractivity contribution in [3.05, 3.63) is 53.5 Å². The number of aryl methyl sites for hydroxylation is 1. The topological polar surface area (TPSA) is 75.1 Å². The Morgan fingerprint density at radius 2 is 2.05 bits per heavy atom. The van der Waals surface area contributed by atoms with E-state index in [0.717, 1.165) is 29.9 Å². The smallest absolute Gasteiger partial charge is 0.326 e. The van der Waals surface area contributed by atoms with Crippen molar-refractivity contribution in [2.75, 3.05) is 5.32 Å². The Morgan fingerprint density at radius 1 is 1.32 bits per heavy atom. The fourth-order valence-corrected chi connectivity index (χ4v) is 2.42. The number of rotatable bonds is 6. The second-order valence-electron chi connectivity index (χ2n) is 5.75. The van der Waals surface area contributed by atoms with Gasteiger partial charge in [-0.2, -0.15) is 0 Å². The van der Waals surface area contributed by atoms with Crippen LogP contribution in [-0.2, 0) is 11.2 Å². The summed E-state index contributed by atoms with van der Waals surface area (Å²) < 4.78 is 0. The van der Waals surface area contributed by atoms with Crippen LogP contribution in [0.4, 0.5) is 5.82 Å². The van der Waals surface area contributed by atoms with Gasteiger partial charge in [-0.1, -0.05) is 30.3 Å². The molecule has 1 aromatic carbocycles. The van der Waals surface area contributed by atoms with Crippen molar-refractivity contribution < 1.29 is 9.90 Å². The highest BCUT2D eigenvalue weighted by atomic mass is 16.4. The molecule has 0 amide bonds. The lowest BCUT2D eigenvalue weighted by Gasteiger charge is -2.16. The largest absolute Gasteiger partial charge is 0.480 e. The number of carbonyl (C=O) groups is 1. The van der Waals surface area contributed by atoms with Crippen molar-refractivity contribution in [2.45, 2.75) is 38.1 Å². The van der Waals surface area contributed by atoms with Gasteiger partial charge in [0.1, 0.15) is 17.7 Å². The molecule has 0 radical (unpaired) electrons. The highest BCUT2D eigenvalue weighted by molar-refractivity contribution is 5.77. The van der Waals surface area contributed by atoms with Crippen LogP contribution in [0, 0.1) is 6.92 Å². The molecule has 1 atom stereocenters. The lowest BCUT2D eigenvalue weighted by atomic mass is 10.1. The molecule has 5 nitrogen and oxygen atoms in total. The Bertz CT molecular complexity index is 669. The normalized spacial score (nSPS) is 15.3. The van der Waals surface area contributed by atoms with Gasteiger partial charge in [0.15, 0.2) is 0 Å². The quantitative estimate of drug-likeness (QED) is 0.857. The monoisotopic (exact) mass is 297 g/mol. The van der Waals surface area contributed by atoms with Crippen LogP contribution in [0.5, 0.6) is 0 Å². The fraction of sp³-hybridized carbons (Fsp3) is 0.353. The zero-order chi connectivity index (χ0) is 15.5. The number of aromatic nitrogens is 2. The van der Waals surface area contributed by atoms with E-state index in [-0.39, 0.29) is 0 Å². The summed E-state index contributed by atoms with van der Waals surface area (Å²) >= 11 is 0. The van der Waals surface area contributed by atoms with Crippen molar-refractivity contribution in [2.24, 2.45) is 0 Å². The van der Waals surface area contributed by atoms with Gasteiger partial charge in [-0.05, 0) is 25.3 Å². The van der Waals surface area contributed by atoms with Gasteiger partial charge in [-0.15, -0.1) is 0 Å². The Morgan fingerprint density at radius 3 is 2.68 bits per heavy atom. The molecule has 1 aliphatic carbocycles. The summed E-state index contributed by atoms with van der Waals surface area (Å²) in [6.45, 7) is 1.91. The lowest BCUT2D eigenvalue weighted by molar-refractivity contribution is -0.137. The van der Waals surface area contributed by atoms with E-state index >= 15 is 0 Å². The standard InChI is InChI=1S/C17H19N3O2/c1-11-9-15(20-16(18-11)13-7-8-13)19-14(17(21)22)10-12-5-3-2-4-6-12/h2-6,9,13-14H,7-8,10H2,1H3,(H,21,22)(H,18,19,20)/t14-/m1/s1. The summed E-state index contributed by atoms with van der Waals surface area (Å²) in [4.78, 5) is 20.4. The summed E-state index contributed by atoms with van der Waals surface area (Å²) in [5.41, 5.74) is 1.85. The lowest BCUT2D eigenvalue weighted by Crippen LogP contribution is -2.32. The molecule has 1 aromatic heterocycles. The predicted molar refractivity (Wildman–Crippen MR) is 83.9 cm³/mol. The summed E-state index contributed by atoms with van der Waals surface area (Å²) in [5.74, 6) is 0.982. The first-order valence-corrected chi connectivity index (χ1v) is 7.50. The number of nitrogens with zero attached hydrogens (tertiary/aromatic N) is 2. The molecular formula is C17H19N3O2. The highest BCUT2D eigenvalue weighted by Gasteiger charge is 2.27. The van der Waals surface area contributed by atoms with Gasteiger partial charge >= 0.3 is 5.97 Å². The third-order valence-electron chi connectivity index (χ3n) is 3.72. The minimum Gasteiger partial charge on any atom is -0.480 e. The van der Waals surface area contributed by atoms with Gasteiger partial charge in [-0.3, -0.25) is 0 Å². The van der Waals surface area contributed by atoms with Crippen molar-refractivity contribution in [1.82, 2.24) is 9.97 Å². The minimum atomic E-state index is -0.881. The summed E-state index contributed by atoms with van der Waals surface area (Å²) in [7, 11) is 0. The van der Waals surface area contributed by atoms with Crippen LogP contribution in [0.2, 0.25) is 0 Å². The molecule has 2 aromatic rings. The number of benzene rings is 1. The molecule has 0 unspecified atom stereocenters. The molecule has 1 heterocycles. The van der Waals surface area contributed by atoms with E-state index in [1.807, 2.05) is 37.3 Å². The molecule has 0 saturated heterocycles. The fourth-order valence-electron chi connectivity index (χ4n) is 2.42. The molecule has 0 bridgehead atoms. The van der Waals surface area contributed by atoms with Crippen LogP contribution in [0.15, 0.2) is 36.4 Å². The predicted octanol–water partition coefficient (Wildman–Crippen LogP) is 2.77. The molecule has 0 aliphatic heterocycles. The maximum Gasteiger partial charge on any atom is 0.326 e. The van der Waals surface area contributed by atoms with Gasteiger partial charge in [0.2, 0.25) is 0 Å². The molecule has 3 rings (SSSR count). The van der Waals surface area contributed by atoms with E-state index in [1.54, 1.807) is 6.07 Å². The Balaban J connectivity index is 1.77. The average Bonchev–Trinajstić information content (AvgIpc) is 3.31. The van der Waals surface area contributed by atoms with Crippen molar-refractivity contribution in [1.29, 1.82) is 0 Å². The van der Waals surface area contributed by atoms with Gasteiger partial charge in [0, 0.05) is 24.1 Å². The molecule has 1 saturated carbocycles. The molecule has 0 spiro atoms. The maximum atomic E-state index is 11.5. The van der Waals surface area contributed by atoms with Crippen molar-refractivity contribution >= 4 is 11.8 Å². The van der Waals surface area contributed by atoms with E-state index in [4.69, 9.17) is 0 Å². The number of hydrogen-bond acceptors (Lipinski definition) is 4. The molecular weight excluding hydrogens is 278 g/mol. The summed E-state index contributed by atoms with van der Waals surface area (Å²) in [5, 5.41) is 12.5. The van der Waals surface area contributed by atoms with Crippen molar-refractivity contribution in [3.8, 4) is 0 Å². The van der Waals surface area contributed by atoms with E-state index in [9.17, 15) is 9.90 Å². The Kier molecular flexibility index (Phi) is 4.04. The maximum absolute atomic E-state index is 11.5. The van der Waals surface area contributed by atoms with Crippen LogP contribution in [0.25, 0.3) is 0 Å². The van der Waals surface area contributed by atoms with E-state index in [2.05, 4.69) is 15.3 Å². The second kappa shape index (κ2) is 6.13. The van der Waals surface area contributed by atoms with E-state index in [0.29, 0.717) is 18.2 Å². The molecule has 1 aliphatic rings. The number of hydrogen-bond donors (Lipinski definition) is 2. The Labute approximate surface area is 129 Å². The zero-order valence-corrected chi connectivity index (χ0v) is 12.5. The molecule has 22 heavy (non-hydrogen) atoms. The van der Waals surface area contributed by atoms with Gasteiger partial charge in [0.05, 0.1) is 0 Å². The Hall–Kier alpha value is -2.43. The van der Waals surface area contributed by atoms with E-state index < -0.39 is 12.0 Å². The molecule has 1 fully saturated rings. The number of aliphatic carboxylic acids is 1. The first-order valence-electron chi connectivity index (χ1n) is 7.50. The van der Waals surface area contributed by atoms with E-state index in [1.165, 1.54) is 0 Å². The second-order valence-corrected chi connectivity index (χ2v) is 5.75. The van der Waals surface area contributed by atoms with Gasteiger partial charge < -0.3 is 10.4 Å². The summed E-state index contributed by atoms with van der Waals surface area (Å²) in [6.07, 6.45) is 2.66. The van der Waals surface area contributed by atoms with Crippen LogP contribution in [0.3, 0.4) is 0 Å². The number of carboxylic acid groups (broad SMARTS) is 1. The SMILES string of the molecule is Cc1cc(N[C@H](Cc2ccccc2)C(=O)O)nc(C2CC2)n1. The number of nitrogens with one attached hydrogen (secondary N) is 1. The van der Waals surface area contributed by atoms with Crippen LogP contribution < -0.4 is 5.32 Å². The number of anilines is 1. The molecule has 114 valence electrons. The minimum absolute atomic E-state index is 0.415. The third kappa shape index (κ3) is 3.61. The zero-order valence-electron chi connectivity index (χ0n) is 12.5. The van der Waals surface area contributed by atoms with Gasteiger partial charge in [0.25, 0.3) is 0 Å². The number of carboxylic acids is 1. The first-order chi connectivity index (χ1) is 10.6. The molecule has 2 N–H and O–H groups in total. The van der Waals surface area contributed by atoms with Gasteiger partial charge in [-0.25, -0.2) is 14.8 Å². The average molecular weight is 297 g/mol. The van der Waals surface area contributed by atoms with Crippen LogP contribution >= 0.6 is 0 Å².